The number of nitrogens with one attached hydrogen (secondary N) is 2. The second-order valence-corrected chi connectivity index (χ2v) is 3.59. The van der Waals surface area contributed by atoms with Crippen molar-refractivity contribution in [1.82, 2.24) is 9.97 Å². The first kappa shape index (κ1) is 10.5. The molecule has 0 fully saturated rings. The Kier molecular flexibility index (Phi) is 2.78. The lowest BCUT2D eigenvalue weighted by Crippen LogP contribution is -2.11. The fourth-order valence-corrected chi connectivity index (χ4v) is 1.44. The molecule has 2 aromatic rings. The second kappa shape index (κ2) is 4.24. The molecule has 0 saturated carbocycles. The van der Waals surface area contributed by atoms with Crippen LogP contribution >= 0.6 is 11.6 Å². The first-order valence-electron chi connectivity index (χ1n) is 4.53. The van der Waals surface area contributed by atoms with Crippen molar-refractivity contribution in [3.8, 4) is 0 Å². The number of aromatic nitrogens is 2. The quantitative estimate of drug-likeness (QED) is 0.742. The van der Waals surface area contributed by atoms with E-state index in [4.69, 9.17) is 17.3 Å². The molecule has 0 spiro atoms. The number of aromatic amines is 1. The SMILES string of the molecule is Nc1nc(Nc2cccc(Cl)c2)cc(=O)[nH]1. The van der Waals surface area contributed by atoms with Gasteiger partial charge in [0.2, 0.25) is 5.95 Å². The van der Waals surface area contributed by atoms with Crippen LogP contribution in [0.5, 0.6) is 0 Å². The summed E-state index contributed by atoms with van der Waals surface area (Å²) < 4.78 is 0. The molecule has 0 aliphatic rings. The number of rotatable bonds is 2. The van der Waals surface area contributed by atoms with Crippen molar-refractivity contribution in [2.24, 2.45) is 0 Å². The van der Waals surface area contributed by atoms with Crippen LogP contribution in [-0.4, -0.2) is 9.97 Å². The third-order valence-electron chi connectivity index (χ3n) is 1.86. The standard InChI is InChI=1S/C10H9ClN4O/c11-6-2-1-3-7(4-6)13-8-5-9(16)15-10(12)14-8/h1-5H,(H4,12,13,14,15,16). The van der Waals surface area contributed by atoms with Crippen LogP contribution in [-0.2, 0) is 0 Å². The highest BCUT2D eigenvalue weighted by atomic mass is 35.5. The lowest BCUT2D eigenvalue weighted by molar-refractivity contribution is 1.14. The Morgan fingerprint density at radius 1 is 1.38 bits per heavy atom. The zero-order chi connectivity index (χ0) is 11.5. The predicted octanol–water partition coefficient (Wildman–Crippen LogP) is 1.75. The van der Waals surface area contributed by atoms with Gasteiger partial charge in [-0.2, -0.15) is 4.98 Å². The van der Waals surface area contributed by atoms with Gasteiger partial charge in [0.25, 0.3) is 5.56 Å². The molecule has 16 heavy (non-hydrogen) atoms. The molecule has 0 amide bonds. The second-order valence-electron chi connectivity index (χ2n) is 3.15. The van der Waals surface area contributed by atoms with Gasteiger partial charge in [-0.1, -0.05) is 17.7 Å². The summed E-state index contributed by atoms with van der Waals surface area (Å²) in [6.07, 6.45) is 0. The van der Waals surface area contributed by atoms with E-state index in [1.807, 2.05) is 6.07 Å². The number of benzene rings is 1. The third kappa shape index (κ3) is 2.52. The zero-order valence-electron chi connectivity index (χ0n) is 8.20. The average Bonchev–Trinajstić information content (AvgIpc) is 2.15. The summed E-state index contributed by atoms with van der Waals surface area (Å²) in [7, 11) is 0. The number of nitrogens with zero attached hydrogens (tertiary/aromatic N) is 1. The predicted molar refractivity (Wildman–Crippen MR) is 64.0 cm³/mol. The summed E-state index contributed by atoms with van der Waals surface area (Å²) in [6.45, 7) is 0. The first-order valence-corrected chi connectivity index (χ1v) is 4.91. The van der Waals surface area contributed by atoms with Crippen molar-refractivity contribution in [3.63, 3.8) is 0 Å². The molecule has 1 heterocycles. The maximum absolute atomic E-state index is 11.1. The van der Waals surface area contributed by atoms with Gasteiger partial charge in [-0.15, -0.1) is 0 Å². The van der Waals surface area contributed by atoms with Gasteiger partial charge in [-0.3, -0.25) is 9.78 Å². The van der Waals surface area contributed by atoms with Gasteiger partial charge in [-0.05, 0) is 18.2 Å². The zero-order valence-corrected chi connectivity index (χ0v) is 8.95. The van der Waals surface area contributed by atoms with E-state index in [9.17, 15) is 4.79 Å². The van der Waals surface area contributed by atoms with E-state index in [0.29, 0.717) is 10.8 Å². The highest BCUT2D eigenvalue weighted by molar-refractivity contribution is 6.30. The number of hydrogen-bond donors (Lipinski definition) is 3. The van der Waals surface area contributed by atoms with Crippen LogP contribution in [0.4, 0.5) is 17.5 Å². The molecule has 0 atom stereocenters. The first-order chi connectivity index (χ1) is 7.63. The summed E-state index contributed by atoms with van der Waals surface area (Å²) in [4.78, 5) is 17.4. The monoisotopic (exact) mass is 236 g/mol. The van der Waals surface area contributed by atoms with Crippen molar-refractivity contribution < 1.29 is 0 Å². The fraction of sp³-hybridized carbons (Fsp3) is 0. The van der Waals surface area contributed by atoms with Crippen LogP contribution < -0.4 is 16.6 Å². The smallest absolute Gasteiger partial charge is 0.254 e. The van der Waals surface area contributed by atoms with Crippen molar-refractivity contribution in [2.75, 3.05) is 11.1 Å². The summed E-state index contributed by atoms with van der Waals surface area (Å²) in [5.41, 5.74) is 5.84. The number of halogens is 1. The van der Waals surface area contributed by atoms with Crippen LogP contribution in [0, 0.1) is 0 Å². The maximum Gasteiger partial charge on any atom is 0.254 e. The normalized spacial score (nSPS) is 10.1. The minimum absolute atomic E-state index is 0.0667. The van der Waals surface area contributed by atoms with Crippen LogP contribution in [0.1, 0.15) is 0 Å². The van der Waals surface area contributed by atoms with Crippen molar-refractivity contribution in [2.45, 2.75) is 0 Å². The molecule has 0 bridgehead atoms. The molecule has 2 rings (SSSR count). The lowest BCUT2D eigenvalue weighted by atomic mass is 10.3. The summed E-state index contributed by atoms with van der Waals surface area (Å²) in [5.74, 6) is 0.445. The van der Waals surface area contributed by atoms with E-state index < -0.39 is 0 Å². The summed E-state index contributed by atoms with van der Waals surface area (Å²) >= 11 is 5.82. The van der Waals surface area contributed by atoms with Gasteiger partial charge in [0.1, 0.15) is 5.82 Å². The molecule has 4 N–H and O–H groups in total. The third-order valence-corrected chi connectivity index (χ3v) is 2.09. The largest absolute Gasteiger partial charge is 0.369 e. The Labute approximate surface area is 96.3 Å². The van der Waals surface area contributed by atoms with Crippen molar-refractivity contribution >= 4 is 29.1 Å². The van der Waals surface area contributed by atoms with Gasteiger partial charge in [0.05, 0.1) is 0 Å². The number of nitrogen functional groups attached to an aromatic ring is 1. The van der Waals surface area contributed by atoms with E-state index >= 15 is 0 Å². The van der Waals surface area contributed by atoms with Gasteiger partial charge < -0.3 is 11.1 Å². The molecule has 0 saturated heterocycles. The number of H-pyrrole nitrogens is 1. The highest BCUT2D eigenvalue weighted by Crippen LogP contribution is 2.18. The van der Waals surface area contributed by atoms with Gasteiger partial charge in [-0.25, -0.2) is 0 Å². The molecule has 0 aliphatic heterocycles. The Bertz CT molecular complexity index is 567. The molecule has 1 aromatic heterocycles. The minimum atomic E-state index is -0.308. The Morgan fingerprint density at radius 2 is 2.19 bits per heavy atom. The van der Waals surface area contributed by atoms with Crippen LogP contribution in [0.25, 0.3) is 0 Å². The Balaban J connectivity index is 2.30. The molecule has 0 radical (unpaired) electrons. The van der Waals surface area contributed by atoms with E-state index in [-0.39, 0.29) is 11.5 Å². The number of nitrogens with two attached hydrogens (primary N) is 1. The van der Waals surface area contributed by atoms with Crippen molar-refractivity contribution in [3.05, 3.63) is 45.7 Å². The number of hydrogen-bond acceptors (Lipinski definition) is 4. The molecule has 5 nitrogen and oxygen atoms in total. The van der Waals surface area contributed by atoms with Gasteiger partial charge >= 0.3 is 0 Å². The number of anilines is 3. The molecular formula is C10H9ClN4O. The Morgan fingerprint density at radius 3 is 2.88 bits per heavy atom. The summed E-state index contributed by atoms with van der Waals surface area (Å²) in [6, 6.07) is 8.40. The van der Waals surface area contributed by atoms with E-state index in [1.165, 1.54) is 6.07 Å². The molecule has 6 heteroatoms. The molecular weight excluding hydrogens is 228 g/mol. The van der Waals surface area contributed by atoms with Crippen LogP contribution in [0.15, 0.2) is 35.1 Å². The van der Waals surface area contributed by atoms with Gasteiger partial charge in [0.15, 0.2) is 0 Å². The molecule has 82 valence electrons. The van der Waals surface area contributed by atoms with E-state index in [0.717, 1.165) is 5.69 Å². The maximum atomic E-state index is 11.1. The molecule has 0 aliphatic carbocycles. The van der Waals surface area contributed by atoms with Crippen LogP contribution in [0.3, 0.4) is 0 Å². The topological polar surface area (TPSA) is 83.8 Å². The summed E-state index contributed by atoms with van der Waals surface area (Å²) in [5, 5.41) is 3.53. The highest BCUT2D eigenvalue weighted by Gasteiger charge is 1.99. The van der Waals surface area contributed by atoms with E-state index in [1.54, 1.807) is 18.2 Å². The van der Waals surface area contributed by atoms with Crippen LogP contribution in [0.2, 0.25) is 5.02 Å². The average molecular weight is 237 g/mol. The van der Waals surface area contributed by atoms with E-state index in [2.05, 4.69) is 15.3 Å². The molecule has 1 aromatic carbocycles. The van der Waals surface area contributed by atoms with Gasteiger partial charge in [0, 0.05) is 16.8 Å². The minimum Gasteiger partial charge on any atom is -0.369 e. The van der Waals surface area contributed by atoms with Crippen molar-refractivity contribution in [1.29, 1.82) is 0 Å². The Hall–Kier alpha value is -2.01. The fourth-order valence-electron chi connectivity index (χ4n) is 1.25. The molecule has 0 unspecified atom stereocenters. The lowest BCUT2D eigenvalue weighted by Gasteiger charge is -2.05.